The molecule has 0 aliphatic carbocycles. The molecule has 2 aromatic carbocycles. The van der Waals surface area contributed by atoms with Crippen LogP contribution in [0.25, 0.3) is 0 Å². The number of rotatable bonds is 3. The summed E-state index contributed by atoms with van der Waals surface area (Å²) in [5.41, 5.74) is 1.00. The highest BCUT2D eigenvalue weighted by Gasteiger charge is 2.16. The lowest BCUT2D eigenvalue weighted by Crippen LogP contribution is -2.04. The van der Waals surface area contributed by atoms with Crippen molar-refractivity contribution in [1.82, 2.24) is 0 Å². The first-order chi connectivity index (χ1) is 9.01. The van der Waals surface area contributed by atoms with Gasteiger partial charge in [-0.15, -0.1) is 0 Å². The Bertz CT molecular complexity index is 621. The third-order valence-corrected chi connectivity index (χ3v) is 3.70. The quantitative estimate of drug-likeness (QED) is 0.665. The van der Waals surface area contributed by atoms with Crippen LogP contribution in [0.1, 0.15) is 15.9 Å². The van der Waals surface area contributed by atoms with Crippen LogP contribution in [0.15, 0.2) is 45.3 Å². The third kappa shape index (κ3) is 3.38. The van der Waals surface area contributed by atoms with Crippen molar-refractivity contribution in [2.45, 2.75) is 0 Å². The molecule has 2 aromatic rings. The number of carbonyl (C=O) groups excluding carboxylic acids is 1. The number of ketones is 1. The molecule has 0 fully saturated rings. The topological polar surface area (TPSA) is 26.3 Å². The lowest BCUT2D eigenvalue weighted by atomic mass is 10.0. The molecule has 98 valence electrons. The standard InChI is InChI=1S/C14H9Br2ClO2/c1-19-13-3-2-9(15)7-12(13)14(18)8-4-10(16)6-11(17)5-8/h2-7H,1H3. The highest BCUT2D eigenvalue weighted by atomic mass is 79.9. The monoisotopic (exact) mass is 402 g/mol. The van der Waals surface area contributed by atoms with Crippen LogP contribution in [0.3, 0.4) is 0 Å². The van der Waals surface area contributed by atoms with E-state index in [-0.39, 0.29) is 5.78 Å². The van der Waals surface area contributed by atoms with E-state index in [1.807, 2.05) is 6.07 Å². The molecule has 0 heterocycles. The van der Waals surface area contributed by atoms with Gasteiger partial charge in [0, 0.05) is 19.5 Å². The molecule has 0 amide bonds. The molecule has 0 aliphatic rings. The molecule has 5 heteroatoms. The number of carbonyl (C=O) groups is 1. The molecule has 0 bridgehead atoms. The number of ether oxygens (including phenoxy) is 1. The fourth-order valence-corrected chi connectivity index (χ4v) is 2.92. The van der Waals surface area contributed by atoms with Gasteiger partial charge in [-0.3, -0.25) is 4.79 Å². The predicted octanol–water partition coefficient (Wildman–Crippen LogP) is 5.10. The number of methoxy groups -OCH3 is 1. The second-order valence-corrected chi connectivity index (χ2v) is 6.10. The number of benzene rings is 2. The zero-order valence-corrected chi connectivity index (χ0v) is 13.8. The first-order valence-electron chi connectivity index (χ1n) is 5.35. The van der Waals surface area contributed by atoms with Gasteiger partial charge in [-0.05, 0) is 36.4 Å². The van der Waals surface area contributed by atoms with E-state index in [2.05, 4.69) is 31.9 Å². The average molecular weight is 404 g/mol. The second kappa shape index (κ2) is 6.07. The van der Waals surface area contributed by atoms with Crippen molar-refractivity contribution in [3.8, 4) is 5.75 Å². The van der Waals surface area contributed by atoms with Crippen LogP contribution >= 0.6 is 43.5 Å². The first kappa shape index (κ1) is 14.6. The van der Waals surface area contributed by atoms with Crippen molar-refractivity contribution in [1.29, 1.82) is 0 Å². The lowest BCUT2D eigenvalue weighted by Gasteiger charge is -2.09. The van der Waals surface area contributed by atoms with Gasteiger partial charge in [0.25, 0.3) is 0 Å². The van der Waals surface area contributed by atoms with Gasteiger partial charge in [-0.25, -0.2) is 0 Å². The fourth-order valence-electron chi connectivity index (χ4n) is 1.70. The van der Waals surface area contributed by atoms with E-state index < -0.39 is 0 Å². The normalized spacial score (nSPS) is 10.3. The van der Waals surface area contributed by atoms with Gasteiger partial charge >= 0.3 is 0 Å². The summed E-state index contributed by atoms with van der Waals surface area (Å²) in [4.78, 5) is 12.5. The SMILES string of the molecule is COc1ccc(Br)cc1C(=O)c1cc(Cl)cc(Br)c1. The van der Waals surface area contributed by atoms with E-state index in [0.29, 0.717) is 21.9 Å². The summed E-state index contributed by atoms with van der Waals surface area (Å²) >= 11 is 12.6. The zero-order valence-electron chi connectivity index (χ0n) is 9.91. The average Bonchev–Trinajstić information content (AvgIpc) is 2.36. The Kier molecular flexibility index (Phi) is 4.66. The molecule has 2 nitrogen and oxygen atoms in total. The van der Waals surface area contributed by atoms with Gasteiger partial charge in [0.1, 0.15) is 5.75 Å². The summed E-state index contributed by atoms with van der Waals surface area (Å²) in [5.74, 6) is 0.394. The summed E-state index contributed by atoms with van der Waals surface area (Å²) in [6.07, 6.45) is 0. The molecule has 0 saturated heterocycles. The van der Waals surface area contributed by atoms with Crippen LogP contribution in [0.4, 0.5) is 0 Å². The molecule has 0 saturated carbocycles. The Morgan fingerprint density at radius 2 is 1.84 bits per heavy atom. The highest BCUT2D eigenvalue weighted by molar-refractivity contribution is 9.10. The van der Waals surface area contributed by atoms with Crippen LogP contribution < -0.4 is 4.74 Å². The van der Waals surface area contributed by atoms with Crippen molar-refractivity contribution in [2.24, 2.45) is 0 Å². The number of halogens is 3. The minimum absolute atomic E-state index is 0.138. The first-order valence-corrected chi connectivity index (χ1v) is 7.32. The molecule has 19 heavy (non-hydrogen) atoms. The van der Waals surface area contributed by atoms with E-state index in [9.17, 15) is 4.79 Å². The van der Waals surface area contributed by atoms with Crippen molar-refractivity contribution >= 4 is 49.2 Å². The smallest absolute Gasteiger partial charge is 0.196 e. The van der Waals surface area contributed by atoms with Crippen LogP contribution in [0.2, 0.25) is 5.02 Å². The van der Waals surface area contributed by atoms with E-state index in [4.69, 9.17) is 16.3 Å². The molecule has 0 aliphatic heterocycles. The van der Waals surface area contributed by atoms with Gasteiger partial charge in [0.15, 0.2) is 5.78 Å². The van der Waals surface area contributed by atoms with Crippen LogP contribution in [0.5, 0.6) is 5.75 Å². The van der Waals surface area contributed by atoms with Gasteiger partial charge in [-0.2, -0.15) is 0 Å². The maximum atomic E-state index is 12.5. The maximum absolute atomic E-state index is 12.5. The van der Waals surface area contributed by atoms with Crippen molar-refractivity contribution in [2.75, 3.05) is 7.11 Å². The molecular weight excluding hydrogens is 395 g/mol. The Hall–Kier alpha value is -0.840. The summed E-state index contributed by atoms with van der Waals surface area (Å²) in [7, 11) is 1.54. The molecule has 0 aromatic heterocycles. The fraction of sp³-hybridized carbons (Fsp3) is 0.0714. The van der Waals surface area contributed by atoms with Gasteiger partial charge in [0.2, 0.25) is 0 Å². The van der Waals surface area contributed by atoms with Crippen LogP contribution in [0, 0.1) is 0 Å². The molecule has 0 atom stereocenters. The van der Waals surface area contributed by atoms with E-state index in [0.717, 1.165) is 8.95 Å². The highest BCUT2D eigenvalue weighted by Crippen LogP contribution is 2.27. The molecule has 0 radical (unpaired) electrons. The Morgan fingerprint density at radius 3 is 2.47 bits per heavy atom. The molecule has 0 N–H and O–H groups in total. The Labute approximate surface area is 133 Å². The molecule has 2 rings (SSSR count). The van der Waals surface area contributed by atoms with Crippen molar-refractivity contribution in [3.63, 3.8) is 0 Å². The number of hydrogen-bond acceptors (Lipinski definition) is 2. The van der Waals surface area contributed by atoms with Crippen LogP contribution in [-0.4, -0.2) is 12.9 Å². The van der Waals surface area contributed by atoms with Gasteiger partial charge in [-0.1, -0.05) is 43.5 Å². The van der Waals surface area contributed by atoms with E-state index in [1.165, 1.54) is 7.11 Å². The minimum atomic E-state index is -0.138. The Morgan fingerprint density at radius 1 is 1.11 bits per heavy atom. The van der Waals surface area contributed by atoms with Crippen LogP contribution in [-0.2, 0) is 0 Å². The maximum Gasteiger partial charge on any atom is 0.196 e. The van der Waals surface area contributed by atoms with Crippen molar-refractivity contribution in [3.05, 3.63) is 61.5 Å². The zero-order chi connectivity index (χ0) is 14.0. The van der Waals surface area contributed by atoms with E-state index in [1.54, 1.807) is 30.3 Å². The third-order valence-electron chi connectivity index (χ3n) is 2.53. The summed E-state index contributed by atoms with van der Waals surface area (Å²) in [6, 6.07) is 10.4. The predicted molar refractivity (Wildman–Crippen MR) is 83.3 cm³/mol. The lowest BCUT2D eigenvalue weighted by molar-refractivity contribution is 0.103. The summed E-state index contributed by atoms with van der Waals surface area (Å²) in [6.45, 7) is 0. The second-order valence-electron chi connectivity index (χ2n) is 3.83. The van der Waals surface area contributed by atoms with Gasteiger partial charge in [0.05, 0.1) is 12.7 Å². The largest absolute Gasteiger partial charge is 0.496 e. The minimum Gasteiger partial charge on any atom is -0.496 e. The summed E-state index contributed by atoms with van der Waals surface area (Å²) < 4.78 is 6.80. The molecular formula is C14H9Br2ClO2. The molecule has 0 spiro atoms. The Balaban J connectivity index is 2.52. The number of hydrogen-bond donors (Lipinski definition) is 0. The summed E-state index contributed by atoms with van der Waals surface area (Å²) in [5, 5.41) is 0.506. The van der Waals surface area contributed by atoms with Crippen molar-refractivity contribution < 1.29 is 9.53 Å². The van der Waals surface area contributed by atoms with Gasteiger partial charge < -0.3 is 4.74 Å². The van der Waals surface area contributed by atoms with E-state index >= 15 is 0 Å². The molecule has 0 unspecified atom stereocenters.